The minimum atomic E-state index is -0.439. The Labute approximate surface area is 133 Å². The number of nitrogens with zero attached hydrogens (tertiary/aromatic N) is 2. The number of methoxy groups -OCH3 is 1. The van der Waals surface area contributed by atoms with E-state index in [0.29, 0.717) is 18.7 Å². The molecule has 1 aliphatic rings. The Morgan fingerprint density at radius 3 is 2.74 bits per heavy atom. The second-order valence-electron chi connectivity index (χ2n) is 5.22. The van der Waals surface area contributed by atoms with Crippen molar-refractivity contribution in [3.63, 3.8) is 0 Å². The van der Waals surface area contributed by atoms with Crippen molar-refractivity contribution in [1.29, 1.82) is 0 Å². The zero-order chi connectivity index (χ0) is 16.2. The summed E-state index contributed by atoms with van der Waals surface area (Å²) in [4.78, 5) is 29.5. The van der Waals surface area contributed by atoms with E-state index in [0.717, 1.165) is 16.8 Å². The molecule has 0 aliphatic carbocycles. The van der Waals surface area contributed by atoms with Gasteiger partial charge in [-0.1, -0.05) is 30.3 Å². The number of benzene rings is 1. The number of carbonyl (C=O) groups excluding carboxylic acids is 2. The van der Waals surface area contributed by atoms with Gasteiger partial charge in [0.05, 0.1) is 31.5 Å². The van der Waals surface area contributed by atoms with E-state index < -0.39 is 12.1 Å². The summed E-state index contributed by atoms with van der Waals surface area (Å²) in [5, 5.41) is 0. The van der Waals surface area contributed by atoms with Gasteiger partial charge < -0.3 is 9.47 Å². The highest BCUT2D eigenvalue weighted by Gasteiger charge is 2.26. The second kappa shape index (κ2) is 6.48. The highest BCUT2D eigenvalue weighted by atomic mass is 16.6. The van der Waals surface area contributed by atoms with Crippen LogP contribution >= 0.6 is 0 Å². The van der Waals surface area contributed by atoms with Gasteiger partial charge in [0.15, 0.2) is 0 Å². The van der Waals surface area contributed by atoms with E-state index in [-0.39, 0.29) is 6.61 Å². The van der Waals surface area contributed by atoms with Gasteiger partial charge in [0.25, 0.3) is 0 Å². The van der Waals surface area contributed by atoms with Gasteiger partial charge in [0.1, 0.15) is 6.61 Å². The molecule has 0 N–H and O–H groups in total. The molecule has 1 amide bonds. The molecule has 0 bridgehead atoms. The van der Waals surface area contributed by atoms with Crippen LogP contribution in [0.15, 0.2) is 42.6 Å². The molecule has 0 radical (unpaired) electrons. The van der Waals surface area contributed by atoms with Crippen LogP contribution in [0.3, 0.4) is 0 Å². The van der Waals surface area contributed by atoms with Crippen LogP contribution in [0.1, 0.15) is 27.2 Å². The van der Waals surface area contributed by atoms with Crippen LogP contribution in [0.2, 0.25) is 0 Å². The van der Waals surface area contributed by atoms with Crippen LogP contribution < -0.4 is 0 Å². The highest BCUT2D eigenvalue weighted by molar-refractivity contribution is 5.89. The Morgan fingerprint density at radius 2 is 2.00 bits per heavy atom. The molecule has 1 aliphatic heterocycles. The zero-order valence-electron chi connectivity index (χ0n) is 12.7. The molecule has 0 spiro atoms. The van der Waals surface area contributed by atoms with E-state index in [2.05, 4.69) is 9.72 Å². The summed E-state index contributed by atoms with van der Waals surface area (Å²) >= 11 is 0. The predicted molar refractivity (Wildman–Crippen MR) is 81.5 cm³/mol. The van der Waals surface area contributed by atoms with E-state index in [1.54, 1.807) is 11.0 Å². The van der Waals surface area contributed by atoms with E-state index in [9.17, 15) is 9.59 Å². The fraction of sp³-hybridized carbons (Fsp3) is 0.235. The molecule has 0 atom stereocenters. The van der Waals surface area contributed by atoms with Gasteiger partial charge in [0.2, 0.25) is 0 Å². The van der Waals surface area contributed by atoms with Gasteiger partial charge in [-0.3, -0.25) is 9.88 Å². The molecule has 1 aromatic heterocycles. The number of fused-ring (bicyclic) bond motifs is 1. The first-order valence-corrected chi connectivity index (χ1v) is 7.19. The van der Waals surface area contributed by atoms with Crippen molar-refractivity contribution in [2.45, 2.75) is 19.7 Å². The molecule has 6 heteroatoms. The molecule has 2 aromatic rings. The molecule has 3 rings (SSSR count). The van der Waals surface area contributed by atoms with E-state index >= 15 is 0 Å². The molecule has 23 heavy (non-hydrogen) atoms. The largest absolute Gasteiger partial charge is 0.465 e. The Morgan fingerprint density at radius 1 is 1.22 bits per heavy atom. The van der Waals surface area contributed by atoms with Crippen LogP contribution in [-0.2, 0) is 29.2 Å². The van der Waals surface area contributed by atoms with Crippen molar-refractivity contribution in [1.82, 2.24) is 9.88 Å². The molecule has 0 saturated heterocycles. The maximum absolute atomic E-state index is 12.1. The summed E-state index contributed by atoms with van der Waals surface area (Å²) in [6.07, 6.45) is 1.06. The Balaban J connectivity index is 1.62. The number of aromatic nitrogens is 1. The van der Waals surface area contributed by atoms with Crippen molar-refractivity contribution in [3.05, 3.63) is 65.0 Å². The smallest absolute Gasteiger partial charge is 0.410 e. The minimum Gasteiger partial charge on any atom is -0.465 e. The summed E-state index contributed by atoms with van der Waals surface area (Å²) in [5.74, 6) is -0.439. The highest BCUT2D eigenvalue weighted by Crippen LogP contribution is 2.23. The van der Waals surface area contributed by atoms with Gasteiger partial charge in [-0.05, 0) is 17.2 Å². The molecule has 6 nitrogen and oxygen atoms in total. The Hall–Kier alpha value is -2.89. The van der Waals surface area contributed by atoms with Crippen molar-refractivity contribution < 1.29 is 19.1 Å². The Bertz CT molecular complexity index is 731. The third-order valence-electron chi connectivity index (χ3n) is 3.65. The van der Waals surface area contributed by atoms with Crippen molar-refractivity contribution >= 4 is 12.1 Å². The first-order chi connectivity index (χ1) is 11.2. The third kappa shape index (κ3) is 3.31. The number of hydrogen-bond acceptors (Lipinski definition) is 5. The topological polar surface area (TPSA) is 68.7 Å². The molecule has 0 fully saturated rings. The lowest BCUT2D eigenvalue weighted by Crippen LogP contribution is -2.26. The van der Waals surface area contributed by atoms with Crippen molar-refractivity contribution in [2.75, 3.05) is 7.11 Å². The number of hydrogen-bond donors (Lipinski definition) is 0. The number of carbonyl (C=O) groups is 2. The number of pyridine rings is 1. The lowest BCUT2D eigenvalue weighted by atomic mass is 10.2. The fourth-order valence-corrected chi connectivity index (χ4v) is 2.43. The molecular weight excluding hydrogens is 296 g/mol. The molecule has 0 saturated carbocycles. The molecule has 118 valence electrons. The lowest BCUT2D eigenvalue weighted by Gasteiger charge is -2.15. The molecule has 1 aromatic carbocycles. The molecule has 0 unspecified atom stereocenters. The maximum atomic E-state index is 12.1. The van der Waals surface area contributed by atoms with Crippen LogP contribution in [0, 0.1) is 0 Å². The second-order valence-corrected chi connectivity index (χ2v) is 5.22. The number of rotatable bonds is 3. The fourth-order valence-electron chi connectivity index (χ4n) is 2.43. The van der Waals surface area contributed by atoms with Crippen LogP contribution in [-0.4, -0.2) is 29.1 Å². The van der Waals surface area contributed by atoms with E-state index in [4.69, 9.17) is 4.74 Å². The summed E-state index contributed by atoms with van der Waals surface area (Å²) < 4.78 is 9.98. The first kappa shape index (κ1) is 15.0. The quantitative estimate of drug-likeness (QED) is 0.815. The van der Waals surface area contributed by atoms with Gasteiger partial charge in [-0.15, -0.1) is 0 Å². The first-order valence-electron chi connectivity index (χ1n) is 7.19. The van der Waals surface area contributed by atoms with Gasteiger partial charge >= 0.3 is 12.1 Å². The zero-order valence-corrected chi connectivity index (χ0v) is 12.7. The summed E-state index contributed by atoms with van der Waals surface area (Å²) in [6, 6.07) is 11.2. The van der Waals surface area contributed by atoms with E-state index in [1.807, 2.05) is 30.3 Å². The standard InChI is InChI=1S/C17H16N2O4/c1-22-16(20)13-7-14-9-19(10-15(14)18-8-13)17(21)23-11-12-5-3-2-4-6-12/h2-8H,9-11H2,1H3. The predicted octanol–water partition coefficient (Wildman–Crippen LogP) is 2.52. The van der Waals surface area contributed by atoms with E-state index in [1.165, 1.54) is 13.3 Å². The average Bonchev–Trinajstić information content (AvgIpc) is 3.03. The number of ether oxygens (including phenoxy) is 2. The summed E-state index contributed by atoms with van der Waals surface area (Å²) in [7, 11) is 1.32. The van der Waals surface area contributed by atoms with Crippen LogP contribution in [0.25, 0.3) is 0 Å². The summed E-state index contributed by atoms with van der Waals surface area (Å²) in [5.41, 5.74) is 2.92. The van der Waals surface area contributed by atoms with Crippen LogP contribution in [0.4, 0.5) is 4.79 Å². The van der Waals surface area contributed by atoms with Crippen molar-refractivity contribution in [2.24, 2.45) is 0 Å². The monoisotopic (exact) mass is 312 g/mol. The van der Waals surface area contributed by atoms with Crippen molar-refractivity contribution in [3.8, 4) is 0 Å². The molecular formula is C17H16N2O4. The summed E-state index contributed by atoms with van der Waals surface area (Å²) in [6.45, 7) is 0.985. The Kier molecular flexibility index (Phi) is 4.23. The number of amides is 1. The number of esters is 1. The van der Waals surface area contributed by atoms with Gasteiger partial charge in [-0.25, -0.2) is 9.59 Å². The molecule has 2 heterocycles. The van der Waals surface area contributed by atoms with Crippen LogP contribution in [0.5, 0.6) is 0 Å². The third-order valence-corrected chi connectivity index (χ3v) is 3.65. The van der Waals surface area contributed by atoms with Gasteiger partial charge in [-0.2, -0.15) is 0 Å². The maximum Gasteiger partial charge on any atom is 0.410 e. The SMILES string of the molecule is COC(=O)c1cnc2c(c1)CN(C(=O)OCc1ccccc1)C2. The average molecular weight is 312 g/mol. The minimum absolute atomic E-state index is 0.230. The normalized spacial score (nSPS) is 12.7. The lowest BCUT2D eigenvalue weighted by molar-refractivity contribution is 0.0600. The van der Waals surface area contributed by atoms with Gasteiger partial charge in [0, 0.05) is 6.20 Å².